The van der Waals surface area contributed by atoms with E-state index in [2.05, 4.69) is 0 Å². The van der Waals surface area contributed by atoms with Crippen molar-refractivity contribution in [1.82, 2.24) is 4.90 Å². The number of amides is 2. The molecular weight excluding hydrogens is 168 g/mol. The van der Waals surface area contributed by atoms with Gasteiger partial charge in [-0.05, 0) is 19.3 Å². The summed E-state index contributed by atoms with van der Waals surface area (Å²) in [5, 5.41) is 0. The molecule has 13 heavy (non-hydrogen) atoms. The second-order valence-electron chi connectivity index (χ2n) is 3.41. The van der Waals surface area contributed by atoms with Gasteiger partial charge in [0.05, 0.1) is 0 Å². The number of primary amides is 1. The van der Waals surface area contributed by atoms with Crippen molar-refractivity contribution in [2.24, 2.45) is 5.73 Å². The van der Waals surface area contributed by atoms with Gasteiger partial charge in [0.1, 0.15) is 0 Å². The van der Waals surface area contributed by atoms with E-state index in [0.29, 0.717) is 0 Å². The fourth-order valence-electron chi connectivity index (χ4n) is 1.53. The van der Waals surface area contributed by atoms with Gasteiger partial charge in [-0.1, -0.05) is 0 Å². The molecule has 1 heterocycles. The molecule has 0 unspecified atom stereocenters. The average molecular weight is 184 g/mol. The van der Waals surface area contributed by atoms with Gasteiger partial charge in [-0.2, -0.15) is 0 Å². The first-order valence-electron chi connectivity index (χ1n) is 4.76. The molecule has 0 aromatic carbocycles. The summed E-state index contributed by atoms with van der Waals surface area (Å²) in [5.74, 6) is -0.330. The summed E-state index contributed by atoms with van der Waals surface area (Å²) in [6, 6.07) is 0. The van der Waals surface area contributed by atoms with Crippen molar-refractivity contribution >= 4 is 11.8 Å². The highest BCUT2D eigenvalue weighted by molar-refractivity contribution is 5.82. The van der Waals surface area contributed by atoms with Crippen LogP contribution in [0.3, 0.4) is 0 Å². The summed E-state index contributed by atoms with van der Waals surface area (Å²) in [6.45, 7) is 1.69. The first-order valence-corrected chi connectivity index (χ1v) is 4.76. The fraction of sp³-hybridized carbons (Fsp3) is 0.778. The van der Waals surface area contributed by atoms with Crippen molar-refractivity contribution in [3.8, 4) is 0 Å². The molecule has 1 aliphatic rings. The van der Waals surface area contributed by atoms with Crippen LogP contribution in [0.1, 0.15) is 32.1 Å². The van der Waals surface area contributed by atoms with E-state index in [1.54, 1.807) is 0 Å². The highest BCUT2D eigenvalue weighted by Gasteiger charge is 2.16. The minimum Gasteiger partial charge on any atom is -0.370 e. The van der Waals surface area contributed by atoms with Crippen LogP contribution in [0.15, 0.2) is 0 Å². The Kier molecular flexibility index (Phi) is 3.73. The third-order valence-electron chi connectivity index (χ3n) is 2.29. The van der Waals surface area contributed by atoms with E-state index < -0.39 is 5.91 Å². The van der Waals surface area contributed by atoms with Crippen LogP contribution in [0.2, 0.25) is 0 Å². The van der Waals surface area contributed by atoms with Crippen molar-refractivity contribution < 1.29 is 9.59 Å². The van der Waals surface area contributed by atoms with Gasteiger partial charge in [-0.15, -0.1) is 0 Å². The Morgan fingerprint density at radius 1 is 1.08 bits per heavy atom. The number of hydrogen-bond acceptors (Lipinski definition) is 2. The molecule has 0 aliphatic carbocycles. The number of rotatable bonds is 3. The van der Waals surface area contributed by atoms with Gasteiger partial charge >= 0.3 is 0 Å². The highest BCUT2D eigenvalue weighted by Crippen LogP contribution is 2.10. The van der Waals surface area contributed by atoms with E-state index in [4.69, 9.17) is 5.73 Å². The summed E-state index contributed by atoms with van der Waals surface area (Å²) < 4.78 is 0. The Morgan fingerprint density at radius 2 is 1.69 bits per heavy atom. The predicted octanol–water partition coefficient (Wildman–Crippen LogP) is 0.264. The van der Waals surface area contributed by atoms with Gasteiger partial charge in [0.25, 0.3) is 0 Å². The Balaban J connectivity index is 2.25. The van der Waals surface area contributed by atoms with Crippen molar-refractivity contribution in [1.29, 1.82) is 0 Å². The molecule has 0 bridgehead atoms. The van der Waals surface area contributed by atoms with Gasteiger partial charge < -0.3 is 10.6 Å². The normalized spacial score (nSPS) is 17.1. The SMILES string of the molecule is NC(=O)CCC(=O)N1CCCCC1. The zero-order valence-corrected chi connectivity index (χ0v) is 7.79. The van der Waals surface area contributed by atoms with Crippen LogP contribution in [-0.4, -0.2) is 29.8 Å². The Hall–Kier alpha value is -1.06. The van der Waals surface area contributed by atoms with Gasteiger partial charge in [0.15, 0.2) is 0 Å². The topological polar surface area (TPSA) is 63.4 Å². The van der Waals surface area contributed by atoms with Crippen molar-refractivity contribution in [2.45, 2.75) is 32.1 Å². The van der Waals surface area contributed by atoms with Crippen LogP contribution < -0.4 is 5.73 Å². The third kappa shape index (κ3) is 3.44. The Bertz CT molecular complexity index is 198. The van der Waals surface area contributed by atoms with Gasteiger partial charge in [-0.3, -0.25) is 9.59 Å². The molecule has 4 heteroatoms. The molecule has 0 radical (unpaired) electrons. The number of carbonyl (C=O) groups excluding carboxylic acids is 2. The maximum Gasteiger partial charge on any atom is 0.223 e. The lowest BCUT2D eigenvalue weighted by Crippen LogP contribution is -2.36. The molecule has 2 N–H and O–H groups in total. The molecule has 1 saturated heterocycles. The first-order chi connectivity index (χ1) is 6.20. The molecule has 1 fully saturated rings. The molecule has 0 atom stereocenters. The largest absolute Gasteiger partial charge is 0.370 e. The zero-order valence-electron chi connectivity index (χ0n) is 7.79. The van der Waals surface area contributed by atoms with E-state index in [-0.39, 0.29) is 18.7 Å². The lowest BCUT2D eigenvalue weighted by atomic mass is 10.1. The van der Waals surface area contributed by atoms with E-state index in [9.17, 15) is 9.59 Å². The van der Waals surface area contributed by atoms with Crippen molar-refractivity contribution in [3.63, 3.8) is 0 Å². The van der Waals surface area contributed by atoms with Crippen LogP contribution in [0.25, 0.3) is 0 Å². The molecule has 74 valence electrons. The Morgan fingerprint density at radius 3 is 2.23 bits per heavy atom. The average Bonchev–Trinajstić information content (AvgIpc) is 2.15. The second kappa shape index (κ2) is 4.84. The van der Waals surface area contributed by atoms with Crippen molar-refractivity contribution in [2.75, 3.05) is 13.1 Å². The van der Waals surface area contributed by atoms with Crippen molar-refractivity contribution in [3.05, 3.63) is 0 Å². The molecule has 4 nitrogen and oxygen atoms in total. The minimum atomic E-state index is -0.398. The fourth-order valence-corrected chi connectivity index (χ4v) is 1.53. The maximum atomic E-state index is 11.4. The second-order valence-corrected chi connectivity index (χ2v) is 3.41. The summed E-state index contributed by atoms with van der Waals surface area (Å²) >= 11 is 0. The molecule has 0 aromatic rings. The third-order valence-corrected chi connectivity index (χ3v) is 2.29. The maximum absolute atomic E-state index is 11.4. The Labute approximate surface area is 78.1 Å². The number of piperidine rings is 1. The number of hydrogen-bond donors (Lipinski definition) is 1. The van der Waals surface area contributed by atoms with E-state index in [1.807, 2.05) is 4.90 Å². The lowest BCUT2D eigenvalue weighted by molar-refractivity contribution is -0.133. The van der Waals surface area contributed by atoms with Gasteiger partial charge in [-0.25, -0.2) is 0 Å². The van der Waals surface area contributed by atoms with Crippen LogP contribution in [0, 0.1) is 0 Å². The highest BCUT2D eigenvalue weighted by atomic mass is 16.2. The lowest BCUT2D eigenvalue weighted by Gasteiger charge is -2.26. The summed E-state index contributed by atoms with van der Waals surface area (Å²) in [6.07, 6.45) is 3.83. The molecule has 0 aromatic heterocycles. The summed E-state index contributed by atoms with van der Waals surface area (Å²) in [4.78, 5) is 23.7. The molecule has 0 saturated carbocycles. The number of carbonyl (C=O) groups is 2. The number of nitrogens with two attached hydrogens (primary N) is 1. The first kappa shape index (κ1) is 10.0. The van der Waals surface area contributed by atoms with Gasteiger partial charge in [0, 0.05) is 25.9 Å². The van der Waals surface area contributed by atoms with Gasteiger partial charge in [0.2, 0.25) is 11.8 Å². The minimum absolute atomic E-state index is 0.0681. The predicted molar refractivity (Wildman–Crippen MR) is 48.9 cm³/mol. The molecule has 1 rings (SSSR count). The monoisotopic (exact) mass is 184 g/mol. The van der Waals surface area contributed by atoms with E-state index in [0.717, 1.165) is 25.9 Å². The van der Waals surface area contributed by atoms with Crippen LogP contribution in [-0.2, 0) is 9.59 Å². The summed E-state index contributed by atoms with van der Waals surface area (Å²) in [5.41, 5.74) is 4.96. The summed E-state index contributed by atoms with van der Waals surface area (Å²) in [7, 11) is 0. The zero-order chi connectivity index (χ0) is 9.68. The smallest absolute Gasteiger partial charge is 0.223 e. The van der Waals surface area contributed by atoms with Crippen LogP contribution >= 0.6 is 0 Å². The molecular formula is C9H16N2O2. The van der Waals surface area contributed by atoms with Crippen LogP contribution in [0.5, 0.6) is 0 Å². The molecule has 0 spiro atoms. The number of nitrogens with zero attached hydrogens (tertiary/aromatic N) is 1. The van der Waals surface area contributed by atoms with E-state index in [1.165, 1.54) is 6.42 Å². The van der Waals surface area contributed by atoms with E-state index >= 15 is 0 Å². The molecule has 1 aliphatic heterocycles. The quantitative estimate of drug-likeness (QED) is 0.684. The number of likely N-dealkylation sites (tertiary alicyclic amines) is 1. The molecule has 2 amide bonds. The standard InChI is InChI=1S/C9H16N2O2/c10-8(12)4-5-9(13)11-6-2-1-3-7-11/h1-7H2,(H2,10,12). The van der Waals surface area contributed by atoms with Crippen LogP contribution in [0.4, 0.5) is 0 Å².